The minimum atomic E-state index is 0.799. The largest absolute Gasteiger partial charge is 0.314 e. The monoisotopic (exact) mass is 95.1 g/mol. The van der Waals surface area contributed by atoms with Crippen LogP contribution in [0.5, 0.6) is 0 Å². The van der Waals surface area contributed by atoms with Gasteiger partial charge < -0.3 is 5.01 Å². The Labute approximate surface area is 42.9 Å². The molecule has 0 amide bonds. The molecule has 0 aliphatic carbocycles. The van der Waals surface area contributed by atoms with Crippen molar-refractivity contribution < 1.29 is 0 Å². The van der Waals surface area contributed by atoms with E-state index >= 15 is 0 Å². The number of hydrogen-bond acceptors (Lipinski definition) is 2. The van der Waals surface area contributed by atoms with E-state index in [1.54, 1.807) is 11.2 Å². The molecular weight excluding hydrogens is 88.1 g/mol. The van der Waals surface area contributed by atoms with Crippen LogP contribution in [-0.4, -0.2) is 11.6 Å². The van der Waals surface area contributed by atoms with Gasteiger partial charge in [-0.05, 0) is 0 Å². The summed E-state index contributed by atoms with van der Waals surface area (Å²) >= 11 is 0. The van der Waals surface area contributed by atoms with E-state index in [1.165, 1.54) is 0 Å². The summed E-state index contributed by atoms with van der Waals surface area (Å²) in [7, 11) is 0. The van der Waals surface area contributed by atoms with Gasteiger partial charge >= 0.3 is 0 Å². The van der Waals surface area contributed by atoms with Crippen LogP contribution in [0, 0.1) is 6.08 Å². The SMILES string of the molecule is NN1C=[C]C=CC1. The summed E-state index contributed by atoms with van der Waals surface area (Å²) in [5.41, 5.74) is 0. The van der Waals surface area contributed by atoms with E-state index in [2.05, 4.69) is 6.08 Å². The first-order chi connectivity index (χ1) is 3.39. The summed E-state index contributed by atoms with van der Waals surface area (Å²) in [4.78, 5) is 0. The molecule has 1 radical (unpaired) electrons. The minimum Gasteiger partial charge on any atom is -0.314 e. The molecule has 0 aromatic carbocycles. The normalized spacial score (nSPS) is 18.1. The second-order valence-electron chi connectivity index (χ2n) is 1.39. The first kappa shape index (κ1) is 4.40. The van der Waals surface area contributed by atoms with Gasteiger partial charge in [0, 0.05) is 12.3 Å². The lowest BCUT2D eigenvalue weighted by molar-refractivity contribution is 0.432. The lowest BCUT2D eigenvalue weighted by Crippen LogP contribution is -2.25. The van der Waals surface area contributed by atoms with E-state index in [0.29, 0.717) is 0 Å². The molecule has 2 N–H and O–H groups in total. The fraction of sp³-hybridized carbons (Fsp3) is 0.200. The van der Waals surface area contributed by atoms with Crippen LogP contribution in [0.3, 0.4) is 0 Å². The van der Waals surface area contributed by atoms with Crippen molar-refractivity contribution in [2.75, 3.05) is 6.54 Å². The average Bonchev–Trinajstić information content (AvgIpc) is 1.69. The van der Waals surface area contributed by atoms with Gasteiger partial charge in [-0.2, -0.15) is 0 Å². The zero-order valence-corrected chi connectivity index (χ0v) is 3.96. The summed E-state index contributed by atoms with van der Waals surface area (Å²) in [5.74, 6) is 5.30. The third-order valence-electron chi connectivity index (χ3n) is 0.771. The highest BCUT2D eigenvalue weighted by Crippen LogP contribution is 1.87. The Hall–Kier alpha value is -0.760. The Morgan fingerprint density at radius 2 is 2.57 bits per heavy atom. The van der Waals surface area contributed by atoms with Crippen molar-refractivity contribution in [1.82, 2.24) is 5.01 Å². The van der Waals surface area contributed by atoms with Crippen LogP contribution < -0.4 is 5.84 Å². The molecule has 1 heterocycles. The quantitative estimate of drug-likeness (QED) is 0.431. The molecule has 1 aliphatic heterocycles. The maximum absolute atomic E-state index is 5.30. The zero-order chi connectivity index (χ0) is 5.11. The van der Waals surface area contributed by atoms with Crippen molar-refractivity contribution in [3.05, 3.63) is 24.4 Å². The van der Waals surface area contributed by atoms with Gasteiger partial charge in [-0.1, -0.05) is 12.2 Å². The van der Waals surface area contributed by atoms with Gasteiger partial charge in [0.2, 0.25) is 0 Å². The molecule has 1 rings (SSSR count). The predicted octanol–water partition coefficient (Wildman–Crippen LogP) is 0.0488. The van der Waals surface area contributed by atoms with Gasteiger partial charge in [-0.3, -0.25) is 0 Å². The predicted molar refractivity (Wildman–Crippen MR) is 27.8 cm³/mol. The van der Waals surface area contributed by atoms with Crippen LogP contribution in [0.1, 0.15) is 0 Å². The van der Waals surface area contributed by atoms with Crippen molar-refractivity contribution in [1.29, 1.82) is 0 Å². The van der Waals surface area contributed by atoms with Crippen LogP contribution in [0.2, 0.25) is 0 Å². The molecule has 37 valence electrons. The molecule has 0 atom stereocenters. The zero-order valence-electron chi connectivity index (χ0n) is 3.96. The van der Waals surface area contributed by atoms with Crippen LogP contribution in [0.4, 0.5) is 0 Å². The highest BCUT2D eigenvalue weighted by Gasteiger charge is 1.87. The third-order valence-corrected chi connectivity index (χ3v) is 0.771. The summed E-state index contributed by atoms with van der Waals surface area (Å²) in [6, 6.07) is 0. The topological polar surface area (TPSA) is 29.3 Å². The van der Waals surface area contributed by atoms with Crippen molar-refractivity contribution in [3.8, 4) is 0 Å². The lowest BCUT2D eigenvalue weighted by atomic mass is 10.4. The highest BCUT2D eigenvalue weighted by atomic mass is 15.4. The Bertz CT molecular complexity index is 105. The lowest BCUT2D eigenvalue weighted by Gasteiger charge is -2.10. The van der Waals surface area contributed by atoms with Gasteiger partial charge in [0.1, 0.15) is 0 Å². The van der Waals surface area contributed by atoms with Crippen LogP contribution in [0.15, 0.2) is 18.4 Å². The Kier molecular flexibility index (Phi) is 1.13. The molecule has 0 unspecified atom stereocenters. The van der Waals surface area contributed by atoms with Gasteiger partial charge in [0.25, 0.3) is 0 Å². The molecular formula is C5H7N2. The fourth-order valence-corrected chi connectivity index (χ4v) is 0.434. The van der Waals surface area contributed by atoms with Crippen LogP contribution in [0.25, 0.3) is 0 Å². The van der Waals surface area contributed by atoms with Gasteiger partial charge in [-0.15, -0.1) is 0 Å². The van der Waals surface area contributed by atoms with Crippen LogP contribution in [-0.2, 0) is 0 Å². The van der Waals surface area contributed by atoms with Crippen LogP contribution >= 0.6 is 0 Å². The molecule has 2 heteroatoms. The van der Waals surface area contributed by atoms with E-state index in [0.717, 1.165) is 6.54 Å². The fourth-order valence-electron chi connectivity index (χ4n) is 0.434. The van der Waals surface area contributed by atoms with Gasteiger partial charge in [0.05, 0.1) is 6.54 Å². The molecule has 7 heavy (non-hydrogen) atoms. The molecule has 0 bridgehead atoms. The number of hydrogen-bond donors (Lipinski definition) is 1. The van der Waals surface area contributed by atoms with Gasteiger partial charge in [0.15, 0.2) is 0 Å². The number of nitrogens with zero attached hydrogens (tertiary/aromatic N) is 1. The summed E-state index contributed by atoms with van der Waals surface area (Å²) in [6.07, 6.45) is 8.33. The first-order valence-corrected chi connectivity index (χ1v) is 2.15. The van der Waals surface area contributed by atoms with Crippen molar-refractivity contribution in [2.24, 2.45) is 5.84 Å². The molecule has 0 saturated carbocycles. The number of hydrazine groups is 1. The molecule has 1 aliphatic rings. The summed E-state index contributed by atoms with van der Waals surface area (Å²) in [6.45, 7) is 0.799. The maximum atomic E-state index is 5.30. The Morgan fingerprint density at radius 1 is 1.71 bits per heavy atom. The maximum Gasteiger partial charge on any atom is 0.0519 e. The summed E-state index contributed by atoms with van der Waals surface area (Å²) in [5, 5.41) is 1.57. The molecule has 0 aromatic heterocycles. The minimum absolute atomic E-state index is 0.799. The van der Waals surface area contributed by atoms with E-state index in [-0.39, 0.29) is 0 Å². The second kappa shape index (κ2) is 1.80. The van der Waals surface area contributed by atoms with Crippen molar-refractivity contribution in [3.63, 3.8) is 0 Å². The molecule has 0 fully saturated rings. The standard InChI is InChI=1S/C5H7N2/c6-7-4-2-1-3-5-7/h1-2,5H,4,6H2. The Balaban J connectivity index is 2.49. The number of nitrogens with two attached hydrogens (primary N) is 1. The second-order valence-corrected chi connectivity index (χ2v) is 1.39. The first-order valence-electron chi connectivity index (χ1n) is 2.15. The molecule has 0 saturated heterocycles. The third kappa shape index (κ3) is 1.05. The van der Waals surface area contributed by atoms with E-state index in [9.17, 15) is 0 Å². The number of rotatable bonds is 0. The number of allylic oxidation sites excluding steroid dienone is 2. The average molecular weight is 95.1 g/mol. The highest BCUT2D eigenvalue weighted by molar-refractivity contribution is 5.00. The molecule has 2 nitrogen and oxygen atoms in total. The van der Waals surface area contributed by atoms with E-state index < -0.39 is 0 Å². The van der Waals surface area contributed by atoms with E-state index in [1.807, 2.05) is 12.2 Å². The van der Waals surface area contributed by atoms with Crippen molar-refractivity contribution in [2.45, 2.75) is 0 Å². The molecule has 0 aromatic rings. The van der Waals surface area contributed by atoms with Crippen molar-refractivity contribution >= 4 is 0 Å². The van der Waals surface area contributed by atoms with E-state index in [4.69, 9.17) is 5.84 Å². The smallest absolute Gasteiger partial charge is 0.0519 e. The van der Waals surface area contributed by atoms with Gasteiger partial charge in [-0.25, -0.2) is 5.84 Å². The Morgan fingerprint density at radius 3 is 2.86 bits per heavy atom. The summed E-state index contributed by atoms with van der Waals surface area (Å²) < 4.78 is 0. The molecule has 0 spiro atoms.